The largest absolute Gasteiger partial charge is 0.494 e. The summed E-state index contributed by atoms with van der Waals surface area (Å²) < 4.78 is 31.7. The standard InChI is InChI=1S/C16H14F2O2/c1-20-16-9-7-12(10-14(16)18)15(19)8-6-11-4-2-3-5-13(11)17/h2-5,7,9-10H,6,8H2,1H3. The maximum absolute atomic E-state index is 13.5. The second-order valence-electron chi connectivity index (χ2n) is 4.36. The van der Waals surface area contributed by atoms with E-state index < -0.39 is 5.82 Å². The minimum atomic E-state index is -0.579. The number of carbonyl (C=O) groups is 1. The van der Waals surface area contributed by atoms with E-state index in [1.165, 1.54) is 25.3 Å². The molecule has 0 atom stereocenters. The van der Waals surface area contributed by atoms with Crippen molar-refractivity contribution >= 4 is 5.78 Å². The average molecular weight is 276 g/mol. The van der Waals surface area contributed by atoms with Gasteiger partial charge in [0.15, 0.2) is 17.3 Å². The first-order chi connectivity index (χ1) is 9.61. The molecule has 2 aromatic rings. The zero-order chi connectivity index (χ0) is 14.5. The van der Waals surface area contributed by atoms with Gasteiger partial charge in [-0.05, 0) is 36.2 Å². The third-order valence-electron chi connectivity index (χ3n) is 3.05. The van der Waals surface area contributed by atoms with Gasteiger partial charge in [0.1, 0.15) is 5.82 Å². The average Bonchev–Trinajstić information content (AvgIpc) is 2.46. The van der Waals surface area contributed by atoms with E-state index in [-0.39, 0.29) is 29.3 Å². The number of hydrogen-bond acceptors (Lipinski definition) is 2. The van der Waals surface area contributed by atoms with E-state index in [1.807, 2.05) is 0 Å². The van der Waals surface area contributed by atoms with E-state index in [0.717, 1.165) is 6.07 Å². The van der Waals surface area contributed by atoms with Crippen molar-refractivity contribution in [2.45, 2.75) is 12.8 Å². The fourth-order valence-electron chi connectivity index (χ4n) is 1.93. The van der Waals surface area contributed by atoms with Gasteiger partial charge in [-0.2, -0.15) is 0 Å². The fourth-order valence-corrected chi connectivity index (χ4v) is 1.93. The minimum Gasteiger partial charge on any atom is -0.494 e. The van der Waals surface area contributed by atoms with Crippen molar-refractivity contribution < 1.29 is 18.3 Å². The molecule has 0 amide bonds. The van der Waals surface area contributed by atoms with E-state index in [4.69, 9.17) is 4.74 Å². The molecule has 0 bridgehead atoms. The highest BCUT2D eigenvalue weighted by molar-refractivity contribution is 5.96. The summed E-state index contributed by atoms with van der Waals surface area (Å²) in [6.07, 6.45) is 0.422. The van der Waals surface area contributed by atoms with Crippen LogP contribution >= 0.6 is 0 Å². The first kappa shape index (κ1) is 14.2. The topological polar surface area (TPSA) is 26.3 Å². The molecule has 104 valence electrons. The summed E-state index contributed by atoms with van der Waals surface area (Å²) in [6.45, 7) is 0. The highest BCUT2D eigenvalue weighted by Gasteiger charge is 2.11. The number of benzene rings is 2. The molecule has 0 unspecified atom stereocenters. The fraction of sp³-hybridized carbons (Fsp3) is 0.188. The lowest BCUT2D eigenvalue weighted by Crippen LogP contribution is -2.03. The smallest absolute Gasteiger partial charge is 0.165 e. The Labute approximate surface area is 116 Å². The molecule has 0 aliphatic heterocycles. The SMILES string of the molecule is COc1ccc(C(=O)CCc2ccccc2F)cc1F. The number of hydrogen-bond donors (Lipinski definition) is 0. The number of rotatable bonds is 5. The number of methoxy groups -OCH3 is 1. The molecule has 0 saturated carbocycles. The lowest BCUT2D eigenvalue weighted by molar-refractivity contribution is 0.0982. The summed E-state index contributed by atoms with van der Waals surface area (Å²) >= 11 is 0. The molecule has 0 heterocycles. The van der Waals surface area contributed by atoms with E-state index in [0.29, 0.717) is 12.0 Å². The van der Waals surface area contributed by atoms with Crippen LogP contribution in [0.25, 0.3) is 0 Å². The summed E-state index contributed by atoms with van der Waals surface area (Å²) in [4.78, 5) is 12.0. The maximum atomic E-state index is 13.5. The Hall–Kier alpha value is -2.23. The van der Waals surface area contributed by atoms with E-state index >= 15 is 0 Å². The number of ketones is 1. The van der Waals surface area contributed by atoms with Crippen LogP contribution in [0, 0.1) is 11.6 Å². The zero-order valence-electron chi connectivity index (χ0n) is 11.0. The summed E-state index contributed by atoms with van der Waals surface area (Å²) in [5.74, 6) is -1.05. The Bertz CT molecular complexity index is 624. The molecule has 2 rings (SSSR count). The van der Waals surface area contributed by atoms with Crippen LogP contribution in [-0.2, 0) is 6.42 Å². The monoisotopic (exact) mass is 276 g/mol. The van der Waals surface area contributed by atoms with Crippen molar-refractivity contribution in [3.05, 3.63) is 65.2 Å². The predicted molar refractivity (Wildman–Crippen MR) is 72.0 cm³/mol. The Morgan fingerprint density at radius 1 is 1.10 bits per heavy atom. The van der Waals surface area contributed by atoms with Gasteiger partial charge >= 0.3 is 0 Å². The summed E-state index contributed by atoms with van der Waals surface area (Å²) in [6, 6.07) is 10.4. The van der Waals surface area contributed by atoms with E-state index in [1.54, 1.807) is 18.2 Å². The van der Waals surface area contributed by atoms with Crippen molar-refractivity contribution in [1.29, 1.82) is 0 Å². The molecule has 0 aromatic heterocycles. The van der Waals surface area contributed by atoms with Crippen LogP contribution in [0.5, 0.6) is 5.75 Å². The van der Waals surface area contributed by atoms with E-state index in [2.05, 4.69) is 0 Å². The summed E-state index contributed by atoms with van der Waals surface area (Å²) in [5, 5.41) is 0. The Balaban J connectivity index is 2.05. The molecule has 2 aromatic carbocycles. The lowest BCUT2D eigenvalue weighted by Gasteiger charge is -2.05. The van der Waals surface area contributed by atoms with E-state index in [9.17, 15) is 13.6 Å². The molecule has 0 aliphatic carbocycles. The molecule has 2 nitrogen and oxygen atoms in total. The summed E-state index contributed by atoms with van der Waals surface area (Å²) in [5.41, 5.74) is 0.745. The van der Waals surface area contributed by atoms with Gasteiger partial charge in [-0.3, -0.25) is 4.79 Å². The first-order valence-electron chi connectivity index (χ1n) is 6.22. The van der Waals surface area contributed by atoms with Crippen molar-refractivity contribution in [2.24, 2.45) is 0 Å². The molecule has 0 spiro atoms. The molecule has 0 radical (unpaired) electrons. The second-order valence-corrected chi connectivity index (χ2v) is 4.36. The van der Waals surface area contributed by atoms with Crippen LogP contribution in [0.4, 0.5) is 8.78 Å². The van der Waals surface area contributed by atoms with Crippen LogP contribution in [0.3, 0.4) is 0 Å². The Kier molecular flexibility index (Phi) is 4.45. The minimum absolute atomic E-state index is 0.0932. The van der Waals surface area contributed by atoms with Crippen LogP contribution in [0.15, 0.2) is 42.5 Å². The molecule has 0 aliphatic rings. The molecular weight excluding hydrogens is 262 g/mol. The van der Waals surface area contributed by atoms with Gasteiger partial charge in [0, 0.05) is 12.0 Å². The molecule has 0 saturated heterocycles. The van der Waals surface area contributed by atoms with Gasteiger partial charge in [-0.1, -0.05) is 18.2 Å². The summed E-state index contributed by atoms with van der Waals surface area (Å²) in [7, 11) is 1.36. The van der Waals surface area contributed by atoms with Gasteiger partial charge in [-0.25, -0.2) is 8.78 Å². The van der Waals surface area contributed by atoms with Gasteiger partial charge < -0.3 is 4.74 Å². The number of aryl methyl sites for hydroxylation is 1. The van der Waals surface area contributed by atoms with Crippen molar-refractivity contribution in [1.82, 2.24) is 0 Å². The van der Waals surface area contributed by atoms with Crippen molar-refractivity contribution in [2.75, 3.05) is 7.11 Å². The third kappa shape index (κ3) is 3.20. The predicted octanol–water partition coefficient (Wildman–Crippen LogP) is 3.79. The van der Waals surface area contributed by atoms with Gasteiger partial charge in [0.05, 0.1) is 7.11 Å². The quantitative estimate of drug-likeness (QED) is 0.777. The van der Waals surface area contributed by atoms with Crippen LogP contribution in [0.1, 0.15) is 22.3 Å². The Morgan fingerprint density at radius 3 is 2.50 bits per heavy atom. The number of halogens is 2. The second kappa shape index (κ2) is 6.28. The van der Waals surface area contributed by atoms with Gasteiger partial charge in [0.25, 0.3) is 0 Å². The first-order valence-corrected chi connectivity index (χ1v) is 6.22. The normalized spacial score (nSPS) is 10.3. The third-order valence-corrected chi connectivity index (χ3v) is 3.05. The van der Waals surface area contributed by atoms with Gasteiger partial charge in [-0.15, -0.1) is 0 Å². The molecule has 20 heavy (non-hydrogen) atoms. The highest BCUT2D eigenvalue weighted by Crippen LogP contribution is 2.19. The number of Topliss-reactive ketones (excluding diaryl/α,β-unsaturated/α-hetero) is 1. The van der Waals surface area contributed by atoms with Crippen LogP contribution < -0.4 is 4.74 Å². The molecule has 4 heteroatoms. The number of carbonyl (C=O) groups excluding carboxylic acids is 1. The van der Waals surface area contributed by atoms with Gasteiger partial charge in [0.2, 0.25) is 0 Å². The zero-order valence-corrected chi connectivity index (χ0v) is 11.0. The van der Waals surface area contributed by atoms with Crippen molar-refractivity contribution in [3.8, 4) is 5.75 Å². The van der Waals surface area contributed by atoms with Crippen LogP contribution in [0.2, 0.25) is 0 Å². The molecular formula is C16H14F2O2. The molecule has 0 N–H and O–H groups in total. The van der Waals surface area contributed by atoms with Crippen LogP contribution in [-0.4, -0.2) is 12.9 Å². The highest BCUT2D eigenvalue weighted by atomic mass is 19.1. The molecule has 0 fully saturated rings. The maximum Gasteiger partial charge on any atom is 0.165 e. The number of ether oxygens (including phenoxy) is 1. The van der Waals surface area contributed by atoms with Crippen molar-refractivity contribution in [3.63, 3.8) is 0 Å². The Morgan fingerprint density at radius 2 is 1.85 bits per heavy atom. The lowest BCUT2D eigenvalue weighted by atomic mass is 10.0.